The number of ether oxygens (including phenoxy) is 3. The maximum Gasteiger partial charge on any atom is 0.338 e. The van der Waals surface area contributed by atoms with Gasteiger partial charge in [-0.15, -0.1) is 0 Å². The molecule has 0 amide bonds. The molecule has 0 saturated carbocycles. The van der Waals surface area contributed by atoms with E-state index in [1.54, 1.807) is 44.6 Å². The average Bonchev–Trinajstić information content (AvgIpc) is 3.15. The third kappa shape index (κ3) is 3.77. The Labute approximate surface area is 144 Å². The van der Waals surface area contributed by atoms with E-state index in [-0.39, 0.29) is 6.61 Å². The van der Waals surface area contributed by atoms with E-state index in [0.717, 1.165) is 5.56 Å². The highest BCUT2D eigenvalue weighted by molar-refractivity contribution is 5.89. The van der Waals surface area contributed by atoms with Crippen molar-refractivity contribution in [2.45, 2.75) is 6.61 Å². The second-order valence-corrected chi connectivity index (χ2v) is 5.06. The number of pyridine rings is 1. The van der Waals surface area contributed by atoms with Gasteiger partial charge in [-0.25, -0.2) is 4.79 Å². The zero-order chi connectivity index (χ0) is 17.6. The Morgan fingerprint density at radius 1 is 1.04 bits per heavy atom. The van der Waals surface area contributed by atoms with E-state index in [2.05, 4.69) is 10.1 Å². The van der Waals surface area contributed by atoms with Crippen LogP contribution in [0.25, 0.3) is 11.3 Å². The van der Waals surface area contributed by atoms with E-state index in [9.17, 15) is 4.79 Å². The number of carbonyl (C=O) groups is 1. The fourth-order valence-electron chi connectivity index (χ4n) is 2.22. The SMILES string of the molecule is COc1ccc(-c2cc(COC(=O)c3ccncc3)no2)cc1OC. The topological polar surface area (TPSA) is 83.7 Å². The molecule has 0 saturated heterocycles. The van der Waals surface area contributed by atoms with Crippen molar-refractivity contribution in [3.05, 3.63) is 60.0 Å². The van der Waals surface area contributed by atoms with Gasteiger partial charge in [0.25, 0.3) is 0 Å². The van der Waals surface area contributed by atoms with Gasteiger partial charge in [0.2, 0.25) is 0 Å². The molecule has 3 aromatic rings. The summed E-state index contributed by atoms with van der Waals surface area (Å²) in [5.74, 6) is 1.30. The Kier molecular flexibility index (Phi) is 4.94. The molecule has 0 aliphatic heterocycles. The Balaban J connectivity index is 1.69. The largest absolute Gasteiger partial charge is 0.493 e. The summed E-state index contributed by atoms with van der Waals surface area (Å²) in [5.41, 5.74) is 1.71. The van der Waals surface area contributed by atoms with Crippen LogP contribution >= 0.6 is 0 Å². The Morgan fingerprint density at radius 2 is 1.80 bits per heavy atom. The van der Waals surface area contributed by atoms with Crippen molar-refractivity contribution in [2.75, 3.05) is 14.2 Å². The van der Waals surface area contributed by atoms with Crippen molar-refractivity contribution in [1.29, 1.82) is 0 Å². The van der Waals surface area contributed by atoms with E-state index in [4.69, 9.17) is 18.7 Å². The number of esters is 1. The number of hydrogen-bond donors (Lipinski definition) is 0. The molecule has 2 aromatic heterocycles. The highest BCUT2D eigenvalue weighted by atomic mass is 16.5. The highest BCUT2D eigenvalue weighted by Gasteiger charge is 2.13. The summed E-state index contributed by atoms with van der Waals surface area (Å²) in [6.07, 6.45) is 3.06. The summed E-state index contributed by atoms with van der Waals surface area (Å²) in [5, 5.41) is 3.92. The van der Waals surface area contributed by atoms with Gasteiger partial charge in [0.1, 0.15) is 12.3 Å². The van der Waals surface area contributed by atoms with Gasteiger partial charge in [-0.2, -0.15) is 0 Å². The molecule has 0 N–H and O–H groups in total. The van der Waals surface area contributed by atoms with Gasteiger partial charge in [0.15, 0.2) is 17.3 Å². The van der Waals surface area contributed by atoms with Crippen molar-refractivity contribution in [1.82, 2.24) is 10.1 Å². The van der Waals surface area contributed by atoms with Crippen LogP contribution in [-0.4, -0.2) is 30.3 Å². The van der Waals surface area contributed by atoms with E-state index < -0.39 is 5.97 Å². The first kappa shape index (κ1) is 16.5. The van der Waals surface area contributed by atoms with Gasteiger partial charge >= 0.3 is 5.97 Å². The van der Waals surface area contributed by atoms with Gasteiger partial charge < -0.3 is 18.7 Å². The number of aromatic nitrogens is 2. The summed E-state index contributed by atoms with van der Waals surface area (Å²) in [6.45, 7) is 0.0119. The van der Waals surface area contributed by atoms with E-state index in [0.29, 0.717) is 28.5 Å². The Bertz CT molecular complexity index is 861. The van der Waals surface area contributed by atoms with Gasteiger partial charge in [0, 0.05) is 24.0 Å². The average molecular weight is 340 g/mol. The van der Waals surface area contributed by atoms with Crippen LogP contribution in [0.3, 0.4) is 0 Å². The van der Waals surface area contributed by atoms with Gasteiger partial charge in [-0.1, -0.05) is 5.16 Å². The predicted molar refractivity (Wildman–Crippen MR) is 88.4 cm³/mol. The molecule has 0 spiro atoms. The van der Waals surface area contributed by atoms with Crippen LogP contribution in [-0.2, 0) is 11.3 Å². The lowest BCUT2D eigenvalue weighted by Gasteiger charge is -2.07. The van der Waals surface area contributed by atoms with Crippen molar-refractivity contribution in [2.24, 2.45) is 0 Å². The molecule has 0 aliphatic carbocycles. The fourth-order valence-corrected chi connectivity index (χ4v) is 2.22. The van der Waals surface area contributed by atoms with E-state index >= 15 is 0 Å². The molecular weight excluding hydrogens is 324 g/mol. The fraction of sp³-hybridized carbons (Fsp3) is 0.167. The maximum atomic E-state index is 11.9. The molecule has 0 unspecified atom stereocenters. The summed E-state index contributed by atoms with van der Waals surface area (Å²) < 4.78 is 21.0. The molecular formula is C18H16N2O5. The molecule has 1 aromatic carbocycles. The normalized spacial score (nSPS) is 10.3. The lowest BCUT2D eigenvalue weighted by Crippen LogP contribution is -2.05. The van der Waals surface area contributed by atoms with Gasteiger partial charge in [-0.05, 0) is 30.3 Å². The molecule has 0 bridgehead atoms. The van der Waals surface area contributed by atoms with Crippen LogP contribution in [0, 0.1) is 0 Å². The van der Waals surface area contributed by atoms with Crippen molar-refractivity contribution in [3.63, 3.8) is 0 Å². The second-order valence-electron chi connectivity index (χ2n) is 5.06. The number of nitrogens with zero attached hydrogens (tertiary/aromatic N) is 2. The number of methoxy groups -OCH3 is 2. The first-order chi connectivity index (χ1) is 12.2. The van der Waals surface area contributed by atoms with Crippen molar-refractivity contribution < 1.29 is 23.5 Å². The molecule has 3 rings (SSSR count). The third-order valence-electron chi connectivity index (χ3n) is 3.49. The minimum atomic E-state index is -0.446. The third-order valence-corrected chi connectivity index (χ3v) is 3.49. The Hall–Kier alpha value is -3.35. The number of benzene rings is 1. The van der Waals surface area contributed by atoms with Gasteiger partial charge in [-0.3, -0.25) is 4.98 Å². The minimum absolute atomic E-state index is 0.0119. The summed E-state index contributed by atoms with van der Waals surface area (Å²) in [4.78, 5) is 15.8. The number of rotatable bonds is 6. The van der Waals surface area contributed by atoms with Crippen LogP contribution in [0.4, 0.5) is 0 Å². The molecule has 7 heteroatoms. The van der Waals surface area contributed by atoms with Crippen LogP contribution in [0.5, 0.6) is 11.5 Å². The van der Waals surface area contributed by atoms with Crippen molar-refractivity contribution in [3.8, 4) is 22.8 Å². The molecule has 0 aliphatic rings. The van der Waals surface area contributed by atoms with Crippen LogP contribution in [0.1, 0.15) is 16.1 Å². The van der Waals surface area contributed by atoms with E-state index in [1.807, 2.05) is 6.07 Å². The molecule has 25 heavy (non-hydrogen) atoms. The number of carbonyl (C=O) groups excluding carboxylic acids is 1. The zero-order valence-corrected chi connectivity index (χ0v) is 13.8. The highest BCUT2D eigenvalue weighted by Crippen LogP contribution is 2.32. The molecule has 128 valence electrons. The zero-order valence-electron chi connectivity index (χ0n) is 13.8. The summed E-state index contributed by atoms with van der Waals surface area (Å²) in [7, 11) is 3.13. The van der Waals surface area contributed by atoms with E-state index in [1.165, 1.54) is 12.4 Å². The Morgan fingerprint density at radius 3 is 2.52 bits per heavy atom. The lowest BCUT2D eigenvalue weighted by molar-refractivity contribution is 0.0464. The predicted octanol–water partition coefficient (Wildman–Crippen LogP) is 3.11. The minimum Gasteiger partial charge on any atom is -0.493 e. The standard InChI is InChI=1S/C18H16N2O5/c1-22-15-4-3-13(9-17(15)23-2)16-10-14(20-25-16)11-24-18(21)12-5-7-19-8-6-12/h3-10H,11H2,1-2H3. The molecule has 0 atom stereocenters. The maximum absolute atomic E-state index is 11.9. The monoisotopic (exact) mass is 340 g/mol. The molecule has 7 nitrogen and oxygen atoms in total. The first-order valence-electron chi connectivity index (χ1n) is 7.46. The first-order valence-corrected chi connectivity index (χ1v) is 7.46. The van der Waals surface area contributed by atoms with Crippen molar-refractivity contribution >= 4 is 5.97 Å². The smallest absolute Gasteiger partial charge is 0.338 e. The molecule has 2 heterocycles. The second kappa shape index (κ2) is 7.48. The van der Waals surface area contributed by atoms with Crippen LogP contribution in [0.15, 0.2) is 53.3 Å². The molecule has 0 radical (unpaired) electrons. The lowest BCUT2D eigenvalue weighted by atomic mass is 10.1. The summed E-state index contributed by atoms with van der Waals surface area (Å²) >= 11 is 0. The summed E-state index contributed by atoms with van der Waals surface area (Å²) in [6, 6.07) is 10.3. The van der Waals surface area contributed by atoms with Gasteiger partial charge in [0.05, 0.1) is 19.8 Å². The number of hydrogen-bond acceptors (Lipinski definition) is 7. The molecule has 0 fully saturated rings. The van der Waals surface area contributed by atoms with Crippen LogP contribution < -0.4 is 9.47 Å². The quantitative estimate of drug-likeness (QED) is 0.637. The van der Waals surface area contributed by atoms with Crippen LogP contribution in [0.2, 0.25) is 0 Å².